The summed E-state index contributed by atoms with van der Waals surface area (Å²) in [5.41, 5.74) is 0.591. The van der Waals surface area contributed by atoms with E-state index in [2.05, 4.69) is 31.7 Å². The molecule has 1 saturated carbocycles. The number of pyridine rings is 1. The lowest BCUT2D eigenvalue weighted by molar-refractivity contribution is -0.137. The van der Waals surface area contributed by atoms with Gasteiger partial charge in [-0.15, -0.1) is 0 Å². The number of aliphatic hydroxyl groups excluding tert-OH is 1. The van der Waals surface area contributed by atoms with Gasteiger partial charge in [0.15, 0.2) is 5.96 Å². The Morgan fingerprint density at radius 1 is 1.38 bits per heavy atom. The van der Waals surface area contributed by atoms with Gasteiger partial charge in [0.1, 0.15) is 5.65 Å². The summed E-state index contributed by atoms with van der Waals surface area (Å²) >= 11 is 0. The zero-order valence-corrected chi connectivity index (χ0v) is 15.5. The standard InChI is InChI=1S/C19H19F3N6O/c1-9(10-2-13(29)3-10)27-18-26-6-11(5-23)16(28-18)15-8-25-17-14(15)4-12(7-24-17)19(20,21)22/h4,7-10,13,29H,2-3,6H2,1H3,(H,24,25)(H2,26,27,28). The number of hydrogen-bond donors (Lipinski definition) is 4. The number of rotatable bonds is 3. The van der Waals surface area contributed by atoms with Gasteiger partial charge in [0.25, 0.3) is 0 Å². The first-order valence-electron chi connectivity index (χ1n) is 9.20. The van der Waals surface area contributed by atoms with Crippen LogP contribution in [0.4, 0.5) is 13.2 Å². The summed E-state index contributed by atoms with van der Waals surface area (Å²) in [5, 5.41) is 25.5. The minimum absolute atomic E-state index is 0.0519. The van der Waals surface area contributed by atoms with E-state index in [-0.39, 0.29) is 24.1 Å². The highest BCUT2D eigenvalue weighted by Crippen LogP contribution is 2.34. The van der Waals surface area contributed by atoms with E-state index in [1.807, 2.05) is 6.92 Å². The lowest BCUT2D eigenvalue weighted by Crippen LogP contribution is -2.49. The van der Waals surface area contributed by atoms with E-state index < -0.39 is 11.7 Å². The minimum Gasteiger partial charge on any atom is -0.393 e. The van der Waals surface area contributed by atoms with E-state index in [0.717, 1.165) is 12.3 Å². The lowest BCUT2D eigenvalue weighted by Gasteiger charge is -2.37. The number of nitrogens with one attached hydrogen (secondary N) is 3. The normalized spacial score (nSPS) is 23.1. The molecule has 2 aromatic heterocycles. The van der Waals surface area contributed by atoms with Crippen LogP contribution in [0.5, 0.6) is 0 Å². The van der Waals surface area contributed by atoms with Gasteiger partial charge in [-0.1, -0.05) is 0 Å². The van der Waals surface area contributed by atoms with Crippen LogP contribution in [-0.2, 0) is 6.18 Å². The Kier molecular flexibility index (Phi) is 4.70. The van der Waals surface area contributed by atoms with E-state index in [9.17, 15) is 23.5 Å². The summed E-state index contributed by atoms with van der Waals surface area (Å²) in [4.78, 5) is 11.0. The van der Waals surface area contributed by atoms with Gasteiger partial charge in [0, 0.05) is 29.4 Å². The fourth-order valence-corrected chi connectivity index (χ4v) is 3.61. The fourth-order valence-electron chi connectivity index (χ4n) is 3.61. The molecule has 1 atom stereocenters. The molecule has 4 rings (SSSR count). The number of nitriles is 1. The number of H-pyrrole nitrogens is 1. The molecule has 4 N–H and O–H groups in total. The molecule has 1 aliphatic carbocycles. The highest BCUT2D eigenvalue weighted by atomic mass is 19.4. The number of aromatic nitrogens is 2. The van der Waals surface area contributed by atoms with Crippen molar-refractivity contribution in [3.63, 3.8) is 0 Å². The van der Waals surface area contributed by atoms with Crippen molar-refractivity contribution >= 4 is 22.7 Å². The van der Waals surface area contributed by atoms with Gasteiger partial charge < -0.3 is 20.7 Å². The van der Waals surface area contributed by atoms with Gasteiger partial charge in [-0.3, -0.25) is 0 Å². The second-order valence-corrected chi connectivity index (χ2v) is 7.39. The molecule has 0 saturated heterocycles. The Morgan fingerprint density at radius 3 is 2.79 bits per heavy atom. The maximum absolute atomic E-state index is 13.1. The predicted octanol–water partition coefficient (Wildman–Crippen LogP) is 2.52. The van der Waals surface area contributed by atoms with E-state index in [1.54, 1.807) is 0 Å². The number of halogens is 3. The Bertz CT molecular complexity index is 1040. The third-order valence-corrected chi connectivity index (χ3v) is 5.42. The van der Waals surface area contributed by atoms with E-state index in [0.29, 0.717) is 47.2 Å². The molecule has 10 heteroatoms. The van der Waals surface area contributed by atoms with Crippen molar-refractivity contribution in [2.24, 2.45) is 10.9 Å². The van der Waals surface area contributed by atoms with E-state index >= 15 is 0 Å². The number of fused-ring (bicyclic) bond motifs is 1. The summed E-state index contributed by atoms with van der Waals surface area (Å²) in [6, 6.07) is 3.14. The number of aliphatic hydroxyl groups is 1. The average Bonchev–Trinajstić information content (AvgIpc) is 3.07. The van der Waals surface area contributed by atoms with Gasteiger partial charge in [-0.2, -0.15) is 18.4 Å². The molecule has 0 spiro atoms. The van der Waals surface area contributed by atoms with Gasteiger partial charge in [0.05, 0.1) is 35.6 Å². The van der Waals surface area contributed by atoms with Crippen molar-refractivity contribution in [2.45, 2.75) is 38.1 Å². The molecule has 0 bridgehead atoms. The third-order valence-electron chi connectivity index (χ3n) is 5.42. The van der Waals surface area contributed by atoms with Gasteiger partial charge in [0.2, 0.25) is 0 Å². The van der Waals surface area contributed by atoms with Gasteiger partial charge in [-0.05, 0) is 31.7 Å². The number of alkyl halides is 3. The fraction of sp³-hybridized carbons (Fsp3) is 0.421. The first-order valence-corrected chi connectivity index (χ1v) is 9.20. The van der Waals surface area contributed by atoms with Crippen LogP contribution in [0.2, 0.25) is 0 Å². The number of guanidine groups is 1. The van der Waals surface area contributed by atoms with Crippen LogP contribution in [0.3, 0.4) is 0 Å². The van der Waals surface area contributed by atoms with E-state index in [1.165, 1.54) is 6.20 Å². The maximum Gasteiger partial charge on any atom is 0.417 e. The van der Waals surface area contributed by atoms with Crippen LogP contribution in [0.15, 0.2) is 29.0 Å². The number of aromatic amines is 1. The lowest BCUT2D eigenvalue weighted by atomic mass is 9.78. The van der Waals surface area contributed by atoms with Crippen LogP contribution in [-0.4, -0.2) is 39.7 Å². The average molecular weight is 404 g/mol. The Morgan fingerprint density at radius 2 is 2.14 bits per heavy atom. The zero-order valence-electron chi connectivity index (χ0n) is 15.5. The Labute approximate surface area is 164 Å². The van der Waals surface area contributed by atoms with Crippen molar-refractivity contribution in [1.82, 2.24) is 20.6 Å². The Hall–Kier alpha value is -3.06. The molecule has 2 aliphatic rings. The topological polar surface area (TPSA) is 109 Å². The SMILES string of the molecule is CC(NC1=NCC(C#N)=C(c2c[nH]c3ncc(C(F)(F)F)cc23)N1)C1CC(O)C1. The quantitative estimate of drug-likeness (QED) is 0.629. The molecule has 1 unspecified atom stereocenters. The molecule has 1 fully saturated rings. The maximum atomic E-state index is 13.1. The predicted molar refractivity (Wildman–Crippen MR) is 100 cm³/mol. The van der Waals surface area contributed by atoms with Gasteiger partial charge >= 0.3 is 6.18 Å². The minimum atomic E-state index is -4.51. The van der Waals surface area contributed by atoms with Crippen molar-refractivity contribution in [3.05, 3.63) is 35.2 Å². The molecule has 2 aromatic rings. The smallest absolute Gasteiger partial charge is 0.393 e. The summed E-state index contributed by atoms with van der Waals surface area (Å²) in [6.45, 7) is 2.09. The summed E-state index contributed by atoms with van der Waals surface area (Å²) in [5.74, 6) is 0.758. The highest BCUT2D eigenvalue weighted by molar-refractivity contribution is 5.99. The first kappa shape index (κ1) is 19.3. The van der Waals surface area contributed by atoms with Crippen LogP contribution in [0.25, 0.3) is 16.7 Å². The van der Waals surface area contributed by atoms with Crippen molar-refractivity contribution < 1.29 is 18.3 Å². The van der Waals surface area contributed by atoms with Crippen LogP contribution < -0.4 is 10.6 Å². The van der Waals surface area contributed by atoms with Crippen molar-refractivity contribution in [1.29, 1.82) is 5.26 Å². The van der Waals surface area contributed by atoms with Crippen LogP contribution in [0.1, 0.15) is 30.9 Å². The molecule has 0 aromatic carbocycles. The zero-order chi connectivity index (χ0) is 20.8. The van der Waals surface area contributed by atoms with Gasteiger partial charge in [-0.25, -0.2) is 9.98 Å². The van der Waals surface area contributed by atoms with E-state index in [4.69, 9.17) is 0 Å². The van der Waals surface area contributed by atoms with Crippen molar-refractivity contribution in [3.8, 4) is 6.07 Å². The third kappa shape index (κ3) is 3.65. The monoisotopic (exact) mass is 404 g/mol. The van der Waals surface area contributed by atoms with Crippen LogP contribution >= 0.6 is 0 Å². The van der Waals surface area contributed by atoms with Crippen molar-refractivity contribution in [2.75, 3.05) is 6.54 Å². The molecule has 152 valence electrons. The molecule has 0 radical (unpaired) electrons. The molecule has 0 amide bonds. The highest BCUT2D eigenvalue weighted by Gasteiger charge is 2.33. The molecule has 1 aliphatic heterocycles. The molecule has 7 nitrogen and oxygen atoms in total. The molecular weight excluding hydrogens is 385 g/mol. The number of hydrogen-bond acceptors (Lipinski definition) is 6. The van der Waals surface area contributed by atoms with Crippen LogP contribution in [0, 0.1) is 17.2 Å². The first-order chi connectivity index (χ1) is 13.8. The summed E-state index contributed by atoms with van der Waals surface area (Å²) in [6.07, 6.45) is -1.05. The molecule has 3 heterocycles. The number of aliphatic imine (C=N–C) groups is 1. The second-order valence-electron chi connectivity index (χ2n) is 7.39. The Balaban J connectivity index is 1.62. The summed E-state index contributed by atoms with van der Waals surface area (Å²) < 4.78 is 39.3. The molecule has 29 heavy (non-hydrogen) atoms. The molecular formula is C19H19F3N6O. The number of nitrogens with zero attached hydrogens (tertiary/aromatic N) is 3. The summed E-state index contributed by atoms with van der Waals surface area (Å²) in [7, 11) is 0. The second kappa shape index (κ2) is 7.08. The largest absolute Gasteiger partial charge is 0.417 e.